The molecule has 0 amide bonds. The average molecular weight is 266 g/mol. The third kappa shape index (κ3) is 3.01. The molecular formula is C13H16ClN3O. The van der Waals surface area contributed by atoms with E-state index < -0.39 is 0 Å². The summed E-state index contributed by atoms with van der Waals surface area (Å²) in [6.45, 7) is 5.86. The van der Waals surface area contributed by atoms with Crippen LogP contribution in [0.4, 0.5) is 5.82 Å². The molecule has 4 nitrogen and oxygen atoms in total. The molecule has 1 atom stereocenters. The van der Waals surface area contributed by atoms with Gasteiger partial charge in [-0.05, 0) is 32.9 Å². The molecule has 18 heavy (non-hydrogen) atoms. The molecule has 0 aliphatic rings. The summed E-state index contributed by atoms with van der Waals surface area (Å²) in [5, 5.41) is 3.66. The largest absolute Gasteiger partial charge is 0.469 e. The molecule has 0 spiro atoms. The molecule has 2 aromatic rings. The Morgan fingerprint density at radius 1 is 1.33 bits per heavy atom. The van der Waals surface area contributed by atoms with Crippen LogP contribution < -0.4 is 5.32 Å². The fourth-order valence-electron chi connectivity index (χ4n) is 1.68. The van der Waals surface area contributed by atoms with Crippen LogP contribution in [0, 0.1) is 13.8 Å². The Hall–Kier alpha value is -1.55. The molecule has 0 fully saturated rings. The monoisotopic (exact) mass is 265 g/mol. The maximum Gasteiger partial charge on any atom is 0.171 e. The fraction of sp³-hybridized carbons (Fsp3) is 0.385. The molecule has 0 aromatic carbocycles. The lowest BCUT2D eigenvalue weighted by Crippen LogP contribution is -2.19. The van der Waals surface area contributed by atoms with E-state index in [-0.39, 0.29) is 6.04 Å². The Kier molecular flexibility index (Phi) is 3.87. The summed E-state index contributed by atoms with van der Waals surface area (Å²) in [5.74, 6) is 1.56. The number of hydrogen-bond acceptors (Lipinski definition) is 4. The van der Waals surface area contributed by atoms with E-state index in [1.807, 2.05) is 26.0 Å². The molecule has 0 aliphatic carbocycles. The first-order valence-corrected chi connectivity index (χ1v) is 6.23. The molecule has 0 bridgehead atoms. The van der Waals surface area contributed by atoms with E-state index in [2.05, 4.69) is 22.2 Å². The molecule has 0 saturated carbocycles. The highest BCUT2D eigenvalue weighted by Gasteiger charge is 2.11. The summed E-state index contributed by atoms with van der Waals surface area (Å²) in [6.07, 6.45) is 2.45. The van der Waals surface area contributed by atoms with Crippen molar-refractivity contribution in [1.82, 2.24) is 9.97 Å². The van der Waals surface area contributed by atoms with Crippen molar-refractivity contribution in [1.29, 1.82) is 0 Å². The van der Waals surface area contributed by atoms with Crippen LogP contribution in [-0.4, -0.2) is 16.0 Å². The zero-order valence-electron chi connectivity index (χ0n) is 10.7. The Bertz CT molecular complexity index is 525. The minimum Gasteiger partial charge on any atom is -0.469 e. The first-order chi connectivity index (χ1) is 8.56. The van der Waals surface area contributed by atoms with Crippen LogP contribution in [-0.2, 0) is 6.42 Å². The molecule has 1 unspecified atom stereocenters. The van der Waals surface area contributed by atoms with Crippen LogP contribution in [0.5, 0.6) is 0 Å². The Morgan fingerprint density at radius 2 is 2.06 bits per heavy atom. The van der Waals surface area contributed by atoms with Gasteiger partial charge in [0.25, 0.3) is 0 Å². The zero-order valence-corrected chi connectivity index (χ0v) is 11.5. The predicted octanol–water partition coefficient (Wildman–Crippen LogP) is 3.38. The van der Waals surface area contributed by atoms with Gasteiger partial charge in [-0.3, -0.25) is 0 Å². The van der Waals surface area contributed by atoms with Gasteiger partial charge in [-0.2, -0.15) is 0 Å². The molecule has 1 N–H and O–H groups in total. The van der Waals surface area contributed by atoms with Crippen molar-refractivity contribution in [3.63, 3.8) is 0 Å². The number of rotatable bonds is 4. The van der Waals surface area contributed by atoms with Crippen molar-refractivity contribution < 1.29 is 4.42 Å². The van der Waals surface area contributed by atoms with E-state index in [0.717, 1.165) is 23.6 Å². The van der Waals surface area contributed by atoms with Gasteiger partial charge >= 0.3 is 0 Å². The Labute approximate surface area is 111 Å². The zero-order chi connectivity index (χ0) is 13.1. The minimum absolute atomic E-state index is 0.171. The quantitative estimate of drug-likeness (QED) is 0.921. The molecule has 2 heterocycles. The molecule has 0 radical (unpaired) electrons. The number of aromatic nitrogens is 2. The number of hydrogen-bond donors (Lipinski definition) is 1. The summed E-state index contributed by atoms with van der Waals surface area (Å²) in [4.78, 5) is 8.65. The second-order valence-corrected chi connectivity index (χ2v) is 4.72. The smallest absolute Gasteiger partial charge is 0.171 e. The van der Waals surface area contributed by atoms with Crippen molar-refractivity contribution in [2.24, 2.45) is 0 Å². The highest BCUT2D eigenvalue weighted by atomic mass is 35.5. The molecule has 96 valence electrons. The van der Waals surface area contributed by atoms with Crippen LogP contribution in [0.2, 0.25) is 5.15 Å². The Balaban J connectivity index is 2.07. The molecule has 2 rings (SSSR count). The van der Waals surface area contributed by atoms with Gasteiger partial charge < -0.3 is 9.73 Å². The lowest BCUT2D eigenvalue weighted by molar-refractivity contribution is 0.497. The number of aryl methyl sites for hydroxylation is 2. The van der Waals surface area contributed by atoms with Crippen LogP contribution in [0.15, 0.2) is 22.8 Å². The number of nitrogens with zero attached hydrogens (tertiary/aromatic N) is 2. The van der Waals surface area contributed by atoms with E-state index in [4.69, 9.17) is 16.0 Å². The normalized spacial score (nSPS) is 12.4. The lowest BCUT2D eigenvalue weighted by Gasteiger charge is -2.15. The number of furan rings is 1. The van der Waals surface area contributed by atoms with Gasteiger partial charge in [0.15, 0.2) is 11.0 Å². The van der Waals surface area contributed by atoms with Gasteiger partial charge in [0.2, 0.25) is 0 Å². The van der Waals surface area contributed by atoms with Crippen LogP contribution in [0.1, 0.15) is 24.1 Å². The first kappa shape index (κ1) is 12.9. The molecule has 0 aliphatic heterocycles. The van der Waals surface area contributed by atoms with Crippen LogP contribution in [0.25, 0.3) is 0 Å². The SMILES string of the molecule is Cc1nc(Cl)c(NC(C)Cc2ccco2)nc1C. The highest BCUT2D eigenvalue weighted by molar-refractivity contribution is 6.31. The van der Waals surface area contributed by atoms with Crippen molar-refractivity contribution in [3.8, 4) is 0 Å². The van der Waals surface area contributed by atoms with Gasteiger partial charge in [-0.15, -0.1) is 0 Å². The van der Waals surface area contributed by atoms with E-state index in [9.17, 15) is 0 Å². The Morgan fingerprint density at radius 3 is 2.72 bits per heavy atom. The lowest BCUT2D eigenvalue weighted by atomic mass is 10.2. The van der Waals surface area contributed by atoms with Crippen molar-refractivity contribution in [3.05, 3.63) is 40.7 Å². The van der Waals surface area contributed by atoms with Gasteiger partial charge in [0, 0.05) is 12.5 Å². The topological polar surface area (TPSA) is 51.0 Å². The van der Waals surface area contributed by atoms with E-state index >= 15 is 0 Å². The van der Waals surface area contributed by atoms with Crippen molar-refractivity contribution in [2.45, 2.75) is 33.2 Å². The summed E-state index contributed by atoms with van der Waals surface area (Å²) < 4.78 is 5.31. The second-order valence-electron chi connectivity index (χ2n) is 4.36. The maximum absolute atomic E-state index is 6.07. The van der Waals surface area contributed by atoms with Gasteiger partial charge in [-0.25, -0.2) is 9.97 Å². The average Bonchev–Trinajstić information content (AvgIpc) is 2.78. The van der Waals surface area contributed by atoms with Crippen LogP contribution in [0.3, 0.4) is 0 Å². The van der Waals surface area contributed by atoms with E-state index in [1.54, 1.807) is 6.26 Å². The summed E-state index contributed by atoms with van der Waals surface area (Å²) >= 11 is 6.07. The molecule has 0 saturated heterocycles. The first-order valence-electron chi connectivity index (χ1n) is 5.86. The summed E-state index contributed by atoms with van der Waals surface area (Å²) in [5.41, 5.74) is 1.73. The number of nitrogens with one attached hydrogen (secondary N) is 1. The number of anilines is 1. The van der Waals surface area contributed by atoms with Crippen molar-refractivity contribution in [2.75, 3.05) is 5.32 Å². The van der Waals surface area contributed by atoms with Gasteiger partial charge in [0.05, 0.1) is 17.7 Å². The van der Waals surface area contributed by atoms with Gasteiger partial charge in [-0.1, -0.05) is 11.6 Å². The van der Waals surface area contributed by atoms with Crippen LogP contribution >= 0.6 is 11.6 Å². The molecular weight excluding hydrogens is 250 g/mol. The molecule has 5 heteroatoms. The minimum atomic E-state index is 0.171. The van der Waals surface area contributed by atoms with Gasteiger partial charge in [0.1, 0.15) is 5.76 Å². The maximum atomic E-state index is 6.07. The summed E-state index contributed by atoms with van der Waals surface area (Å²) in [7, 11) is 0. The highest BCUT2D eigenvalue weighted by Crippen LogP contribution is 2.20. The van der Waals surface area contributed by atoms with Crippen molar-refractivity contribution >= 4 is 17.4 Å². The third-order valence-corrected chi connectivity index (χ3v) is 3.00. The summed E-state index contributed by atoms with van der Waals surface area (Å²) in [6, 6.07) is 4.00. The third-order valence-electron chi connectivity index (χ3n) is 2.73. The number of halogens is 1. The van der Waals surface area contributed by atoms with E-state index in [0.29, 0.717) is 11.0 Å². The predicted molar refractivity (Wildman–Crippen MR) is 72.0 cm³/mol. The fourth-order valence-corrected chi connectivity index (χ4v) is 1.91. The van der Waals surface area contributed by atoms with E-state index in [1.165, 1.54) is 0 Å². The molecule has 2 aromatic heterocycles. The second kappa shape index (κ2) is 5.40. The standard InChI is InChI=1S/C13H16ClN3O/c1-8(7-11-5-4-6-18-11)15-13-12(14)16-9(2)10(3)17-13/h4-6,8H,7H2,1-3H3,(H,15,17).